The third kappa shape index (κ3) is 1.52. The first-order valence-electron chi connectivity index (χ1n) is 7.48. The van der Waals surface area contributed by atoms with Gasteiger partial charge in [-0.25, -0.2) is 18.3 Å². The molecule has 0 aliphatic heterocycles. The topological polar surface area (TPSA) is 17.6 Å². The highest BCUT2D eigenvalue weighted by molar-refractivity contribution is 5.77. The predicted molar refractivity (Wildman–Crippen MR) is 87.2 cm³/mol. The maximum absolute atomic E-state index is 2.27. The van der Waals surface area contributed by atoms with Crippen LogP contribution in [0.2, 0.25) is 0 Å². The van der Waals surface area contributed by atoms with Gasteiger partial charge in [-0.05, 0) is 24.3 Å². The molecule has 0 saturated carbocycles. The minimum Gasteiger partial charge on any atom is -0.219 e. The second-order valence-electron chi connectivity index (χ2n) is 5.86. The van der Waals surface area contributed by atoms with Gasteiger partial charge in [-0.1, -0.05) is 24.3 Å². The molecule has 2 aromatic heterocycles. The lowest BCUT2D eigenvalue weighted by Crippen LogP contribution is -2.38. The molecule has 4 heteroatoms. The summed E-state index contributed by atoms with van der Waals surface area (Å²) in [6.07, 6.45) is 0. The molecule has 2 aromatic carbocycles. The van der Waals surface area contributed by atoms with Crippen LogP contribution in [0.4, 0.5) is 0 Å². The molecule has 0 aliphatic rings. The van der Waals surface area contributed by atoms with Crippen LogP contribution in [0.3, 0.4) is 0 Å². The Morgan fingerprint density at radius 3 is 1.36 bits per heavy atom. The standard InChI is InChI=1S/C18H20N4/c1-19-13-9-5-6-10-14(13)20(2)17(19)18-21(3)15-11-7-8-12-16(15)22(18)4/h5-12H,1-4H3/q+2. The van der Waals surface area contributed by atoms with E-state index in [0.717, 1.165) is 0 Å². The van der Waals surface area contributed by atoms with Gasteiger partial charge in [0.25, 0.3) is 0 Å². The molecular weight excluding hydrogens is 272 g/mol. The largest absolute Gasteiger partial charge is 0.373 e. The number of hydrogen-bond acceptors (Lipinski definition) is 0. The Morgan fingerprint density at radius 1 is 0.636 bits per heavy atom. The lowest BCUT2D eigenvalue weighted by Gasteiger charge is -1.96. The minimum absolute atomic E-state index is 1.20. The third-order valence-corrected chi connectivity index (χ3v) is 4.68. The number of fused-ring (bicyclic) bond motifs is 2. The normalized spacial score (nSPS) is 11.6. The second kappa shape index (κ2) is 4.44. The zero-order valence-corrected chi connectivity index (χ0v) is 13.4. The molecular formula is C18H20N4+2. The molecule has 0 atom stereocenters. The lowest BCUT2D eigenvalue weighted by molar-refractivity contribution is -0.665. The number of hydrogen-bond donors (Lipinski definition) is 0. The summed E-state index contributed by atoms with van der Waals surface area (Å²) in [5.74, 6) is 2.39. The van der Waals surface area contributed by atoms with Crippen LogP contribution in [0.5, 0.6) is 0 Å². The summed E-state index contributed by atoms with van der Waals surface area (Å²) in [4.78, 5) is 0. The van der Waals surface area contributed by atoms with Gasteiger partial charge in [-0.15, -0.1) is 0 Å². The third-order valence-electron chi connectivity index (χ3n) is 4.68. The Kier molecular flexibility index (Phi) is 2.64. The van der Waals surface area contributed by atoms with Crippen molar-refractivity contribution in [2.45, 2.75) is 0 Å². The highest BCUT2D eigenvalue weighted by Crippen LogP contribution is 2.22. The molecule has 0 spiro atoms. The summed E-state index contributed by atoms with van der Waals surface area (Å²) >= 11 is 0. The lowest BCUT2D eigenvalue weighted by atomic mass is 10.3. The number of aromatic nitrogens is 4. The summed E-state index contributed by atoms with van der Waals surface area (Å²) in [7, 11) is 8.54. The summed E-state index contributed by atoms with van der Waals surface area (Å²) in [6, 6.07) is 17.0. The molecule has 22 heavy (non-hydrogen) atoms. The van der Waals surface area contributed by atoms with Gasteiger partial charge in [0.05, 0.1) is 28.2 Å². The number of aryl methyl sites for hydroxylation is 4. The second-order valence-corrected chi connectivity index (χ2v) is 5.86. The first-order valence-corrected chi connectivity index (χ1v) is 7.48. The number of rotatable bonds is 1. The molecule has 2 heterocycles. The summed E-state index contributed by atoms with van der Waals surface area (Å²) in [5, 5.41) is 0. The fourth-order valence-corrected chi connectivity index (χ4v) is 3.57. The van der Waals surface area contributed by atoms with Crippen molar-refractivity contribution in [2.75, 3.05) is 0 Å². The van der Waals surface area contributed by atoms with Gasteiger partial charge >= 0.3 is 11.6 Å². The first-order chi connectivity index (χ1) is 10.6. The van der Waals surface area contributed by atoms with Crippen LogP contribution in [-0.2, 0) is 28.2 Å². The number of nitrogens with zero attached hydrogens (tertiary/aromatic N) is 4. The fraction of sp³-hybridized carbons (Fsp3) is 0.222. The molecule has 0 aliphatic carbocycles. The van der Waals surface area contributed by atoms with Crippen molar-refractivity contribution in [1.82, 2.24) is 9.13 Å². The quantitative estimate of drug-likeness (QED) is 0.478. The number of imidazole rings is 2. The maximum atomic E-state index is 2.27. The van der Waals surface area contributed by atoms with Crippen molar-refractivity contribution in [1.29, 1.82) is 0 Å². The van der Waals surface area contributed by atoms with E-state index in [2.05, 4.69) is 95.0 Å². The molecule has 4 rings (SSSR count). The van der Waals surface area contributed by atoms with Crippen LogP contribution in [0.1, 0.15) is 0 Å². The summed E-state index contributed by atoms with van der Waals surface area (Å²) in [5.41, 5.74) is 4.96. The molecule has 0 amide bonds. The van der Waals surface area contributed by atoms with E-state index >= 15 is 0 Å². The van der Waals surface area contributed by atoms with Crippen molar-refractivity contribution in [3.8, 4) is 11.6 Å². The maximum Gasteiger partial charge on any atom is 0.373 e. The minimum atomic E-state index is 1.20. The molecule has 0 fully saturated rings. The molecule has 0 saturated heterocycles. The Labute approximate surface area is 129 Å². The molecule has 0 unspecified atom stereocenters. The predicted octanol–water partition coefficient (Wildman–Crippen LogP) is 1.99. The number of benzene rings is 2. The van der Waals surface area contributed by atoms with Crippen molar-refractivity contribution < 1.29 is 9.13 Å². The Balaban J connectivity index is 2.17. The molecule has 4 nitrogen and oxygen atoms in total. The molecule has 0 N–H and O–H groups in total. The molecule has 0 radical (unpaired) electrons. The summed E-state index contributed by atoms with van der Waals surface area (Å²) in [6.45, 7) is 0. The van der Waals surface area contributed by atoms with Gasteiger partial charge in [-0.2, -0.15) is 0 Å². The van der Waals surface area contributed by atoms with Crippen molar-refractivity contribution in [2.24, 2.45) is 28.2 Å². The molecule has 4 aromatic rings. The van der Waals surface area contributed by atoms with E-state index in [1.54, 1.807) is 0 Å². The van der Waals surface area contributed by atoms with E-state index in [1.165, 1.54) is 33.7 Å². The Morgan fingerprint density at radius 2 is 1.00 bits per heavy atom. The van der Waals surface area contributed by atoms with Gasteiger partial charge < -0.3 is 0 Å². The van der Waals surface area contributed by atoms with E-state index < -0.39 is 0 Å². The molecule has 110 valence electrons. The van der Waals surface area contributed by atoms with E-state index in [-0.39, 0.29) is 0 Å². The highest BCUT2D eigenvalue weighted by Gasteiger charge is 2.33. The van der Waals surface area contributed by atoms with Crippen LogP contribution in [0.15, 0.2) is 48.5 Å². The van der Waals surface area contributed by atoms with E-state index in [4.69, 9.17) is 0 Å². The van der Waals surface area contributed by atoms with Crippen LogP contribution < -0.4 is 9.13 Å². The van der Waals surface area contributed by atoms with Crippen molar-refractivity contribution in [3.63, 3.8) is 0 Å². The SMILES string of the molecule is Cn1c(-c2n(C)c3ccccc3[n+]2C)[n+](C)c2ccccc21. The van der Waals surface area contributed by atoms with Gasteiger partial charge in [0, 0.05) is 0 Å². The molecule has 0 bridgehead atoms. The number of para-hydroxylation sites is 4. The van der Waals surface area contributed by atoms with Crippen LogP contribution in [-0.4, -0.2) is 9.13 Å². The van der Waals surface area contributed by atoms with E-state index in [9.17, 15) is 0 Å². The van der Waals surface area contributed by atoms with Crippen molar-refractivity contribution in [3.05, 3.63) is 48.5 Å². The zero-order valence-electron chi connectivity index (χ0n) is 13.4. The van der Waals surface area contributed by atoms with Crippen LogP contribution >= 0.6 is 0 Å². The van der Waals surface area contributed by atoms with Crippen LogP contribution in [0.25, 0.3) is 33.7 Å². The Bertz CT molecular complexity index is 859. The Hall–Kier alpha value is -2.62. The first kappa shape index (κ1) is 13.1. The fourth-order valence-electron chi connectivity index (χ4n) is 3.57. The average Bonchev–Trinajstić information content (AvgIpc) is 2.94. The van der Waals surface area contributed by atoms with Gasteiger partial charge in [0.2, 0.25) is 0 Å². The van der Waals surface area contributed by atoms with E-state index in [0.29, 0.717) is 0 Å². The highest BCUT2D eigenvalue weighted by atomic mass is 15.2. The smallest absolute Gasteiger partial charge is 0.219 e. The van der Waals surface area contributed by atoms with E-state index in [1.807, 2.05) is 0 Å². The van der Waals surface area contributed by atoms with Crippen molar-refractivity contribution >= 4 is 22.1 Å². The zero-order chi connectivity index (χ0) is 15.4. The van der Waals surface area contributed by atoms with Gasteiger partial charge in [0.1, 0.15) is 0 Å². The van der Waals surface area contributed by atoms with Gasteiger partial charge in [-0.3, -0.25) is 0 Å². The van der Waals surface area contributed by atoms with Crippen LogP contribution in [0, 0.1) is 0 Å². The van der Waals surface area contributed by atoms with Gasteiger partial charge in [0.15, 0.2) is 22.1 Å². The summed E-state index contributed by atoms with van der Waals surface area (Å²) < 4.78 is 9.07. The average molecular weight is 292 g/mol. The monoisotopic (exact) mass is 292 g/mol.